The number of nitrogen functional groups attached to an aromatic ring is 1. The number of hydrogen-bond donors (Lipinski definition) is 1. The molecule has 5 nitrogen and oxygen atoms in total. The normalized spacial score (nSPS) is 14.4. The Morgan fingerprint density at radius 3 is 2.32 bits per heavy atom. The maximum absolute atomic E-state index is 14.0. The molecule has 2 aromatic carbocycles. The Labute approximate surface area is 172 Å². The van der Waals surface area contributed by atoms with E-state index < -0.39 is 0 Å². The van der Waals surface area contributed by atoms with Crippen molar-refractivity contribution in [2.24, 2.45) is 0 Å². The van der Waals surface area contributed by atoms with Crippen LogP contribution in [0.1, 0.15) is 0 Å². The van der Waals surface area contributed by atoms with E-state index in [2.05, 4.69) is 14.9 Å². The van der Waals surface area contributed by atoms with Crippen LogP contribution in [0.15, 0.2) is 64.8 Å². The van der Waals surface area contributed by atoms with Crippen molar-refractivity contribution in [3.05, 3.63) is 65.7 Å². The van der Waals surface area contributed by atoms with Gasteiger partial charge in [0.2, 0.25) is 0 Å². The molecule has 0 amide bonds. The highest BCUT2D eigenvalue weighted by atomic mass is 35.5. The Morgan fingerprint density at radius 2 is 1.61 bits per heavy atom. The minimum absolute atomic E-state index is 0.195. The Morgan fingerprint density at radius 1 is 0.929 bits per heavy atom. The van der Waals surface area contributed by atoms with Gasteiger partial charge in [0.05, 0.1) is 5.69 Å². The Hall–Kier alpha value is -2.51. The molecule has 0 bridgehead atoms. The lowest BCUT2D eigenvalue weighted by atomic mass is 10.2. The SMILES string of the molecule is Nc1c(Sc2ccc(Cl)cc2)ncnc1N1CCN(c2ccccc2F)CC1. The van der Waals surface area contributed by atoms with Crippen molar-refractivity contribution in [2.75, 3.05) is 41.7 Å². The monoisotopic (exact) mass is 415 g/mol. The first-order valence-electron chi connectivity index (χ1n) is 8.90. The predicted molar refractivity (Wildman–Crippen MR) is 113 cm³/mol. The number of aromatic nitrogens is 2. The van der Waals surface area contributed by atoms with Crippen molar-refractivity contribution in [3.8, 4) is 0 Å². The van der Waals surface area contributed by atoms with Crippen LogP contribution in [0, 0.1) is 5.82 Å². The molecular weight excluding hydrogens is 397 g/mol. The molecule has 0 unspecified atom stereocenters. The number of hydrogen-bond acceptors (Lipinski definition) is 6. The van der Waals surface area contributed by atoms with Gasteiger partial charge in [-0.25, -0.2) is 14.4 Å². The summed E-state index contributed by atoms with van der Waals surface area (Å²) in [5.41, 5.74) is 7.57. The predicted octanol–water partition coefficient (Wildman–Crippen LogP) is 4.33. The summed E-state index contributed by atoms with van der Waals surface area (Å²) < 4.78 is 14.0. The molecule has 0 atom stereocenters. The summed E-state index contributed by atoms with van der Waals surface area (Å²) in [6, 6.07) is 14.4. The quantitative estimate of drug-likeness (QED) is 0.640. The van der Waals surface area contributed by atoms with Crippen LogP contribution in [0.2, 0.25) is 5.02 Å². The molecule has 0 radical (unpaired) electrons. The maximum Gasteiger partial charge on any atom is 0.156 e. The summed E-state index contributed by atoms with van der Waals surface area (Å²) in [7, 11) is 0. The van der Waals surface area contributed by atoms with Gasteiger partial charge in [-0.1, -0.05) is 35.5 Å². The van der Waals surface area contributed by atoms with Gasteiger partial charge in [0.1, 0.15) is 22.9 Å². The van der Waals surface area contributed by atoms with E-state index in [9.17, 15) is 4.39 Å². The first-order chi connectivity index (χ1) is 13.6. The molecule has 2 heterocycles. The molecule has 0 aliphatic carbocycles. The fraction of sp³-hybridized carbons (Fsp3) is 0.200. The van der Waals surface area contributed by atoms with Gasteiger partial charge in [-0.05, 0) is 36.4 Å². The number of nitrogens with two attached hydrogens (primary N) is 1. The second-order valence-corrected chi connectivity index (χ2v) is 7.90. The van der Waals surface area contributed by atoms with E-state index in [1.54, 1.807) is 6.07 Å². The summed E-state index contributed by atoms with van der Waals surface area (Å²) in [5.74, 6) is 0.527. The zero-order chi connectivity index (χ0) is 19.5. The van der Waals surface area contributed by atoms with Gasteiger partial charge in [0.15, 0.2) is 5.82 Å². The van der Waals surface area contributed by atoms with Crippen molar-refractivity contribution >= 4 is 40.6 Å². The highest BCUT2D eigenvalue weighted by Gasteiger charge is 2.23. The van der Waals surface area contributed by atoms with Gasteiger partial charge in [0, 0.05) is 36.1 Å². The van der Waals surface area contributed by atoms with Crippen LogP contribution < -0.4 is 15.5 Å². The third-order valence-electron chi connectivity index (χ3n) is 4.63. The fourth-order valence-corrected chi connectivity index (χ4v) is 4.11. The fourth-order valence-electron chi connectivity index (χ4n) is 3.19. The van der Waals surface area contributed by atoms with Gasteiger partial charge in [-0.15, -0.1) is 0 Å². The molecule has 0 spiro atoms. The molecule has 28 heavy (non-hydrogen) atoms. The van der Waals surface area contributed by atoms with Crippen LogP contribution in [-0.2, 0) is 0 Å². The number of halogens is 2. The van der Waals surface area contributed by atoms with E-state index in [-0.39, 0.29) is 5.82 Å². The summed E-state index contributed by atoms with van der Waals surface area (Å²) in [5, 5.41) is 1.40. The molecule has 1 aromatic heterocycles. The first-order valence-corrected chi connectivity index (χ1v) is 10.1. The number of anilines is 3. The van der Waals surface area contributed by atoms with Crippen molar-refractivity contribution < 1.29 is 4.39 Å². The molecule has 144 valence electrons. The maximum atomic E-state index is 14.0. The summed E-state index contributed by atoms with van der Waals surface area (Å²) in [4.78, 5) is 13.9. The van der Waals surface area contributed by atoms with Crippen LogP contribution in [-0.4, -0.2) is 36.1 Å². The van der Waals surface area contributed by atoms with E-state index >= 15 is 0 Å². The molecule has 2 N–H and O–H groups in total. The van der Waals surface area contributed by atoms with Gasteiger partial charge in [0.25, 0.3) is 0 Å². The number of rotatable bonds is 4. The van der Waals surface area contributed by atoms with Crippen LogP contribution in [0.5, 0.6) is 0 Å². The number of piperazine rings is 1. The minimum atomic E-state index is -0.195. The Bertz CT molecular complexity index is 961. The smallest absolute Gasteiger partial charge is 0.156 e. The summed E-state index contributed by atoms with van der Waals surface area (Å²) >= 11 is 7.42. The lowest BCUT2D eigenvalue weighted by Gasteiger charge is -2.37. The van der Waals surface area contributed by atoms with Gasteiger partial charge < -0.3 is 15.5 Å². The molecule has 3 aromatic rings. The third-order valence-corrected chi connectivity index (χ3v) is 5.91. The van der Waals surface area contributed by atoms with E-state index in [4.69, 9.17) is 17.3 Å². The van der Waals surface area contributed by atoms with Crippen LogP contribution in [0.4, 0.5) is 21.6 Å². The highest BCUT2D eigenvalue weighted by Crippen LogP contribution is 2.35. The van der Waals surface area contributed by atoms with Crippen molar-refractivity contribution in [1.82, 2.24) is 9.97 Å². The number of nitrogens with zero attached hydrogens (tertiary/aromatic N) is 4. The van der Waals surface area contributed by atoms with Crippen molar-refractivity contribution in [1.29, 1.82) is 0 Å². The lowest BCUT2D eigenvalue weighted by molar-refractivity contribution is 0.596. The molecule has 1 aliphatic rings. The van der Waals surface area contributed by atoms with Crippen LogP contribution in [0.25, 0.3) is 0 Å². The lowest BCUT2D eigenvalue weighted by Crippen LogP contribution is -2.47. The summed E-state index contributed by atoms with van der Waals surface area (Å²) in [6.07, 6.45) is 1.53. The molecular formula is C20H19ClFN5S. The van der Waals surface area contributed by atoms with Gasteiger partial charge in [-0.3, -0.25) is 0 Å². The Balaban J connectivity index is 1.48. The van der Waals surface area contributed by atoms with E-state index in [1.807, 2.05) is 41.3 Å². The van der Waals surface area contributed by atoms with Gasteiger partial charge in [-0.2, -0.15) is 0 Å². The Kier molecular flexibility index (Phi) is 5.54. The van der Waals surface area contributed by atoms with E-state index in [0.29, 0.717) is 47.6 Å². The first kappa shape index (κ1) is 18.8. The van der Waals surface area contributed by atoms with E-state index in [1.165, 1.54) is 24.2 Å². The molecule has 1 saturated heterocycles. The minimum Gasteiger partial charge on any atom is -0.394 e. The number of para-hydroxylation sites is 1. The van der Waals surface area contributed by atoms with Crippen LogP contribution in [0.3, 0.4) is 0 Å². The van der Waals surface area contributed by atoms with Gasteiger partial charge >= 0.3 is 0 Å². The van der Waals surface area contributed by atoms with Crippen molar-refractivity contribution in [3.63, 3.8) is 0 Å². The second kappa shape index (κ2) is 8.24. The number of benzene rings is 2. The second-order valence-electron chi connectivity index (χ2n) is 6.40. The molecule has 1 fully saturated rings. The standard InChI is InChI=1S/C20H19ClFN5S/c21-14-5-7-15(8-6-14)28-20-18(23)19(24-13-25-20)27-11-9-26(10-12-27)17-4-2-1-3-16(17)22/h1-8,13H,9-12,23H2. The third kappa shape index (κ3) is 4.00. The molecule has 8 heteroatoms. The molecule has 4 rings (SSSR count). The van der Waals surface area contributed by atoms with E-state index in [0.717, 1.165) is 10.7 Å². The average molecular weight is 416 g/mol. The zero-order valence-electron chi connectivity index (χ0n) is 15.1. The largest absolute Gasteiger partial charge is 0.394 e. The molecule has 0 saturated carbocycles. The summed E-state index contributed by atoms with van der Waals surface area (Å²) in [6.45, 7) is 2.81. The average Bonchev–Trinajstić information content (AvgIpc) is 2.72. The topological polar surface area (TPSA) is 58.3 Å². The molecule has 1 aliphatic heterocycles. The van der Waals surface area contributed by atoms with Crippen molar-refractivity contribution in [2.45, 2.75) is 9.92 Å². The van der Waals surface area contributed by atoms with Crippen LogP contribution >= 0.6 is 23.4 Å². The zero-order valence-corrected chi connectivity index (χ0v) is 16.6. The highest BCUT2D eigenvalue weighted by molar-refractivity contribution is 7.99.